The molecule has 0 fully saturated rings. The molecule has 0 spiro atoms. The van der Waals surface area contributed by atoms with E-state index in [0.29, 0.717) is 37.2 Å². The van der Waals surface area contributed by atoms with Crippen LogP contribution < -0.4 is 9.47 Å². The average molecular weight is 523 g/mol. The Labute approximate surface area is 227 Å². The average Bonchev–Trinajstić information content (AvgIpc) is 2.89. The summed E-state index contributed by atoms with van der Waals surface area (Å²) in [5, 5.41) is 0. The first-order chi connectivity index (χ1) is 17.8. The lowest BCUT2D eigenvalue weighted by Gasteiger charge is -2.30. The zero-order valence-electron chi connectivity index (χ0n) is 23.6. The summed E-state index contributed by atoms with van der Waals surface area (Å²) in [6, 6.07) is 17.9. The predicted molar refractivity (Wildman–Crippen MR) is 148 cm³/mol. The highest BCUT2D eigenvalue weighted by Crippen LogP contribution is 2.35. The van der Waals surface area contributed by atoms with Crippen molar-refractivity contribution >= 4 is 23.5 Å². The predicted octanol–water partition coefficient (Wildman–Crippen LogP) is 7.00. The molecule has 6 nitrogen and oxygen atoms in total. The molecule has 0 aromatic heterocycles. The van der Waals surface area contributed by atoms with E-state index >= 15 is 0 Å². The Morgan fingerprint density at radius 2 is 0.895 bits per heavy atom. The van der Waals surface area contributed by atoms with Crippen molar-refractivity contribution in [3.05, 3.63) is 60.7 Å². The first-order valence-electron chi connectivity index (χ1n) is 13.4. The number of rotatable bonds is 15. The van der Waals surface area contributed by atoms with E-state index in [0.717, 1.165) is 0 Å². The molecule has 0 N–H and O–H groups in total. The van der Waals surface area contributed by atoms with Crippen molar-refractivity contribution in [2.75, 3.05) is 0 Å². The molecule has 0 heterocycles. The van der Waals surface area contributed by atoms with Crippen LogP contribution >= 0.6 is 0 Å². The summed E-state index contributed by atoms with van der Waals surface area (Å²) in [6.45, 7) is 11.4. The molecule has 0 saturated heterocycles. The highest BCUT2D eigenvalue weighted by atomic mass is 16.5. The maximum absolute atomic E-state index is 12.6. The van der Waals surface area contributed by atoms with Gasteiger partial charge < -0.3 is 9.47 Å². The molecule has 0 aliphatic heterocycles. The Bertz CT molecular complexity index is 984. The van der Waals surface area contributed by atoms with Gasteiger partial charge in [0.25, 0.3) is 0 Å². The van der Waals surface area contributed by atoms with Crippen LogP contribution in [0, 0.1) is 22.7 Å². The van der Waals surface area contributed by atoms with Gasteiger partial charge in [0.1, 0.15) is 23.1 Å². The summed E-state index contributed by atoms with van der Waals surface area (Å²) >= 11 is 0. The Kier molecular flexibility index (Phi) is 11.4. The summed E-state index contributed by atoms with van der Waals surface area (Å²) in [6.07, 6.45) is 2.03. The van der Waals surface area contributed by atoms with Gasteiger partial charge in [-0.05, 0) is 47.9 Å². The molecule has 0 saturated carbocycles. The minimum atomic E-state index is -0.431. The van der Waals surface area contributed by atoms with E-state index in [-0.39, 0.29) is 36.3 Å². The van der Waals surface area contributed by atoms with Crippen molar-refractivity contribution in [3.63, 3.8) is 0 Å². The third-order valence-corrected chi connectivity index (χ3v) is 7.75. The third kappa shape index (κ3) is 9.88. The normalized spacial score (nSPS) is 13.3. The van der Waals surface area contributed by atoms with Crippen LogP contribution in [-0.4, -0.2) is 23.5 Å². The molecule has 2 rings (SSSR count). The number of Topliss-reactive ketones (excluding diaryl/α,β-unsaturated/α-hetero) is 2. The van der Waals surface area contributed by atoms with Crippen LogP contribution in [0.3, 0.4) is 0 Å². The lowest BCUT2D eigenvalue weighted by molar-refractivity contribution is -0.143. The standard InChI is InChI=1S/C32H42O6/c1-23(29(35)37-27-13-9-7-10-14-27)31(3,4)21-19-25(33)17-18-26(34)20-22-32(5,6)24(2)30(36)38-28-15-11-8-12-16-28/h7-16,23-24H,17-22H2,1-6H3. The van der Waals surface area contributed by atoms with Crippen molar-refractivity contribution < 1.29 is 28.7 Å². The topological polar surface area (TPSA) is 86.7 Å². The molecule has 0 aliphatic rings. The van der Waals surface area contributed by atoms with E-state index in [4.69, 9.17) is 9.47 Å². The van der Waals surface area contributed by atoms with Gasteiger partial charge in [-0.25, -0.2) is 0 Å². The van der Waals surface area contributed by atoms with Crippen molar-refractivity contribution in [1.82, 2.24) is 0 Å². The molecule has 0 aliphatic carbocycles. The van der Waals surface area contributed by atoms with Crippen LogP contribution in [-0.2, 0) is 19.2 Å². The summed E-state index contributed by atoms with van der Waals surface area (Å²) in [4.78, 5) is 50.2. The van der Waals surface area contributed by atoms with E-state index in [1.54, 1.807) is 48.5 Å². The molecule has 0 bridgehead atoms. The SMILES string of the molecule is CC(C(=O)Oc1ccccc1)C(C)(C)CCC(=O)CCC(=O)CCC(C)(C)C(C)C(=O)Oc1ccccc1. The number of carbonyl (C=O) groups excluding carboxylic acids is 4. The molecule has 0 radical (unpaired) electrons. The Balaban J connectivity index is 1.73. The number of carbonyl (C=O) groups is 4. The summed E-state index contributed by atoms with van der Waals surface area (Å²) < 4.78 is 10.9. The molecule has 2 unspecified atom stereocenters. The van der Waals surface area contributed by atoms with Crippen LogP contribution in [0.1, 0.15) is 80.1 Å². The fraction of sp³-hybridized carbons (Fsp3) is 0.500. The quantitative estimate of drug-likeness (QED) is 0.185. The molecule has 2 atom stereocenters. The molecular formula is C32H42O6. The molecule has 38 heavy (non-hydrogen) atoms. The lowest BCUT2D eigenvalue weighted by atomic mass is 9.75. The van der Waals surface area contributed by atoms with E-state index in [1.165, 1.54) is 0 Å². The van der Waals surface area contributed by atoms with Crippen LogP contribution in [0.2, 0.25) is 0 Å². The highest BCUT2D eigenvalue weighted by Gasteiger charge is 2.34. The van der Waals surface area contributed by atoms with E-state index in [1.807, 2.05) is 53.7 Å². The van der Waals surface area contributed by atoms with Crippen molar-refractivity contribution in [1.29, 1.82) is 0 Å². The van der Waals surface area contributed by atoms with Gasteiger partial charge in [-0.15, -0.1) is 0 Å². The van der Waals surface area contributed by atoms with Gasteiger partial charge >= 0.3 is 11.9 Å². The molecule has 206 valence electrons. The minimum Gasteiger partial charge on any atom is -0.426 e. The molecule has 6 heteroatoms. The van der Waals surface area contributed by atoms with Crippen molar-refractivity contribution in [3.8, 4) is 11.5 Å². The van der Waals surface area contributed by atoms with Crippen molar-refractivity contribution in [2.45, 2.75) is 80.1 Å². The number of ketones is 2. The summed E-state index contributed by atoms with van der Waals surface area (Å²) in [7, 11) is 0. The number of hydrogen-bond acceptors (Lipinski definition) is 6. The zero-order chi connectivity index (χ0) is 28.3. The number of benzene rings is 2. The maximum Gasteiger partial charge on any atom is 0.314 e. The van der Waals surface area contributed by atoms with Gasteiger partial charge in [0.15, 0.2) is 0 Å². The Morgan fingerprint density at radius 3 is 1.21 bits per heavy atom. The monoisotopic (exact) mass is 522 g/mol. The summed E-state index contributed by atoms with van der Waals surface area (Å²) in [5.74, 6) is -0.421. The fourth-order valence-electron chi connectivity index (χ4n) is 3.91. The third-order valence-electron chi connectivity index (χ3n) is 7.75. The molecule has 2 aromatic rings. The van der Waals surface area contributed by atoms with Crippen molar-refractivity contribution in [2.24, 2.45) is 22.7 Å². The Hall–Kier alpha value is -3.28. The summed E-state index contributed by atoms with van der Waals surface area (Å²) in [5.41, 5.74) is -0.861. The number of esters is 2. The van der Waals surface area contributed by atoms with Crippen LogP contribution in [0.25, 0.3) is 0 Å². The molecule has 2 aromatic carbocycles. The van der Waals surface area contributed by atoms with Gasteiger partial charge in [-0.1, -0.05) is 77.9 Å². The smallest absolute Gasteiger partial charge is 0.314 e. The largest absolute Gasteiger partial charge is 0.426 e. The van der Waals surface area contributed by atoms with E-state index in [9.17, 15) is 19.2 Å². The highest BCUT2D eigenvalue weighted by molar-refractivity contribution is 5.86. The second-order valence-corrected chi connectivity index (χ2v) is 11.5. The maximum atomic E-state index is 12.6. The van der Waals surface area contributed by atoms with E-state index in [2.05, 4.69) is 0 Å². The number of ether oxygens (including phenoxy) is 2. The first kappa shape index (κ1) is 30.9. The molecule has 0 amide bonds. The second kappa shape index (κ2) is 14.0. The lowest BCUT2D eigenvalue weighted by Crippen LogP contribution is -2.32. The van der Waals surface area contributed by atoms with E-state index < -0.39 is 22.7 Å². The number of para-hydroxylation sites is 2. The Morgan fingerprint density at radius 1 is 0.579 bits per heavy atom. The second-order valence-electron chi connectivity index (χ2n) is 11.5. The zero-order valence-corrected chi connectivity index (χ0v) is 23.6. The van der Waals surface area contributed by atoms with Gasteiger partial charge in [-0.3, -0.25) is 19.2 Å². The first-order valence-corrected chi connectivity index (χ1v) is 13.4. The van der Waals surface area contributed by atoms with Gasteiger partial charge in [0.05, 0.1) is 11.8 Å². The van der Waals surface area contributed by atoms with Crippen LogP contribution in [0.15, 0.2) is 60.7 Å². The van der Waals surface area contributed by atoms with Gasteiger partial charge in [-0.2, -0.15) is 0 Å². The van der Waals surface area contributed by atoms with Crippen LogP contribution in [0.4, 0.5) is 0 Å². The minimum absolute atomic E-state index is 0.00844. The number of hydrogen-bond donors (Lipinski definition) is 0. The fourth-order valence-corrected chi connectivity index (χ4v) is 3.91. The van der Waals surface area contributed by atoms with Gasteiger partial charge in [0, 0.05) is 25.7 Å². The van der Waals surface area contributed by atoms with Crippen LogP contribution in [0.5, 0.6) is 11.5 Å². The molecular weight excluding hydrogens is 480 g/mol. The van der Waals surface area contributed by atoms with Gasteiger partial charge in [0.2, 0.25) is 0 Å².